The van der Waals surface area contributed by atoms with Gasteiger partial charge in [-0.05, 0) is 24.1 Å². The number of hydrogen-bond acceptors (Lipinski definition) is 4. The SMILES string of the molecule is Cc1ccc(C(N)CO)cc1S(C)(=O)=O. The topological polar surface area (TPSA) is 80.4 Å². The molecule has 0 radical (unpaired) electrons. The molecule has 15 heavy (non-hydrogen) atoms. The summed E-state index contributed by atoms with van der Waals surface area (Å²) in [5.74, 6) is 0. The minimum Gasteiger partial charge on any atom is -0.394 e. The fourth-order valence-corrected chi connectivity index (χ4v) is 2.36. The zero-order chi connectivity index (χ0) is 11.6. The van der Waals surface area contributed by atoms with Crippen LogP contribution in [0, 0.1) is 6.92 Å². The molecule has 1 unspecified atom stereocenters. The van der Waals surface area contributed by atoms with E-state index in [1.807, 2.05) is 0 Å². The van der Waals surface area contributed by atoms with Crippen molar-refractivity contribution in [3.05, 3.63) is 29.3 Å². The number of benzene rings is 1. The van der Waals surface area contributed by atoms with Crippen LogP contribution in [0.3, 0.4) is 0 Å². The standard InChI is InChI=1S/C10H15NO3S/c1-7-3-4-8(9(11)6-12)5-10(7)15(2,13)14/h3-5,9,12H,6,11H2,1-2H3. The second-order valence-corrected chi connectivity index (χ2v) is 5.57. The molecule has 0 heterocycles. The zero-order valence-electron chi connectivity index (χ0n) is 8.77. The van der Waals surface area contributed by atoms with Crippen LogP contribution in [0.25, 0.3) is 0 Å². The molecule has 0 aliphatic heterocycles. The van der Waals surface area contributed by atoms with Crippen molar-refractivity contribution in [2.45, 2.75) is 17.9 Å². The minimum atomic E-state index is -3.23. The molecule has 0 aliphatic carbocycles. The van der Waals surface area contributed by atoms with Crippen LogP contribution in [0.1, 0.15) is 17.2 Å². The highest BCUT2D eigenvalue weighted by atomic mass is 32.2. The molecule has 1 aromatic rings. The van der Waals surface area contributed by atoms with Gasteiger partial charge in [-0.1, -0.05) is 12.1 Å². The van der Waals surface area contributed by atoms with E-state index in [0.717, 1.165) is 6.26 Å². The summed E-state index contributed by atoms with van der Waals surface area (Å²) in [5.41, 5.74) is 6.93. The molecule has 0 saturated carbocycles. The Labute approximate surface area is 89.7 Å². The van der Waals surface area contributed by atoms with Gasteiger partial charge in [0, 0.05) is 6.26 Å². The van der Waals surface area contributed by atoms with Gasteiger partial charge in [0.1, 0.15) is 0 Å². The first kappa shape index (κ1) is 12.2. The highest BCUT2D eigenvalue weighted by Crippen LogP contribution is 2.19. The summed E-state index contributed by atoms with van der Waals surface area (Å²) in [6, 6.07) is 4.41. The Bertz CT molecular complexity index is 454. The molecule has 0 spiro atoms. The predicted octanol–water partition coefficient (Wildman–Crippen LogP) is 0.391. The van der Waals surface area contributed by atoms with Crippen LogP contribution >= 0.6 is 0 Å². The summed E-state index contributed by atoms with van der Waals surface area (Å²) in [6.07, 6.45) is 1.16. The number of aryl methyl sites for hydroxylation is 1. The van der Waals surface area contributed by atoms with E-state index in [4.69, 9.17) is 10.8 Å². The number of nitrogens with two attached hydrogens (primary N) is 1. The molecule has 0 aromatic heterocycles. The number of hydrogen-bond donors (Lipinski definition) is 2. The van der Waals surface area contributed by atoms with Crippen molar-refractivity contribution in [2.75, 3.05) is 12.9 Å². The third kappa shape index (κ3) is 2.77. The van der Waals surface area contributed by atoms with Crippen LogP contribution in [-0.4, -0.2) is 26.4 Å². The smallest absolute Gasteiger partial charge is 0.175 e. The summed E-state index contributed by atoms with van der Waals surface area (Å²) in [6.45, 7) is 1.52. The normalized spacial score (nSPS) is 13.9. The maximum Gasteiger partial charge on any atom is 0.175 e. The van der Waals surface area contributed by atoms with Gasteiger partial charge in [-0.2, -0.15) is 0 Å². The first-order chi connectivity index (χ1) is 6.86. The van der Waals surface area contributed by atoms with Crippen LogP contribution < -0.4 is 5.73 Å². The van der Waals surface area contributed by atoms with E-state index in [1.54, 1.807) is 19.1 Å². The monoisotopic (exact) mass is 229 g/mol. The Hall–Kier alpha value is -0.910. The first-order valence-electron chi connectivity index (χ1n) is 4.53. The van der Waals surface area contributed by atoms with Crippen LogP contribution in [0.15, 0.2) is 23.1 Å². The molecule has 0 bridgehead atoms. The Morgan fingerprint density at radius 1 is 1.47 bits per heavy atom. The highest BCUT2D eigenvalue weighted by molar-refractivity contribution is 7.90. The summed E-state index contributed by atoms with van der Waals surface area (Å²) in [4.78, 5) is 0.268. The number of sulfone groups is 1. The second kappa shape index (κ2) is 4.30. The third-order valence-electron chi connectivity index (χ3n) is 2.24. The maximum absolute atomic E-state index is 11.4. The first-order valence-corrected chi connectivity index (χ1v) is 6.42. The number of aliphatic hydroxyl groups is 1. The Morgan fingerprint density at radius 3 is 2.53 bits per heavy atom. The van der Waals surface area contributed by atoms with E-state index in [9.17, 15) is 8.42 Å². The molecule has 0 fully saturated rings. The highest BCUT2D eigenvalue weighted by Gasteiger charge is 2.13. The fourth-order valence-electron chi connectivity index (χ4n) is 1.35. The lowest BCUT2D eigenvalue weighted by Gasteiger charge is -2.11. The average Bonchev–Trinajstić information content (AvgIpc) is 2.15. The van der Waals surface area contributed by atoms with Gasteiger partial charge in [0.2, 0.25) is 0 Å². The van der Waals surface area contributed by atoms with E-state index in [1.165, 1.54) is 6.07 Å². The quantitative estimate of drug-likeness (QED) is 0.785. The molecular formula is C10H15NO3S. The van der Waals surface area contributed by atoms with Crippen molar-refractivity contribution < 1.29 is 13.5 Å². The molecule has 5 heteroatoms. The van der Waals surface area contributed by atoms with Gasteiger partial charge in [-0.15, -0.1) is 0 Å². The van der Waals surface area contributed by atoms with E-state index < -0.39 is 15.9 Å². The summed E-state index contributed by atoms with van der Waals surface area (Å²) in [5, 5.41) is 8.88. The molecular weight excluding hydrogens is 214 g/mol. The van der Waals surface area contributed by atoms with Gasteiger partial charge in [0.05, 0.1) is 17.5 Å². The van der Waals surface area contributed by atoms with Gasteiger partial charge in [0.15, 0.2) is 9.84 Å². The van der Waals surface area contributed by atoms with E-state index in [-0.39, 0.29) is 11.5 Å². The molecule has 0 amide bonds. The van der Waals surface area contributed by atoms with Gasteiger partial charge >= 0.3 is 0 Å². The van der Waals surface area contributed by atoms with Crippen molar-refractivity contribution in [2.24, 2.45) is 5.73 Å². The van der Waals surface area contributed by atoms with Gasteiger partial charge in [-0.25, -0.2) is 8.42 Å². The van der Waals surface area contributed by atoms with Crippen molar-refractivity contribution in [1.29, 1.82) is 0 Å². The maximum atomic E-state index is 11.4. The van der Waals surface area contributed by atoms with E-state index >= 15 is 0 Å². The molecule has 1 rings (SSSR count). The molecule has 1 atom stereocenters. The Morgan fingerprint density at radius 2 is 2.07 bits per heavy atom. The predicted molar refractivity (Wildman–Crippen MR) is 58.3 cm³/mol. The fraction of sp³-hybridized carbons (Fsp3) is 0.400. The lowest BCUT2D eigenvalue weighted by Crippen LogP contribution is -2.15. The van der Waals surface area contributed by atoms with Crippen LogP contribution in [0.5, 0.6) is 0 Å². The molecule has 1 aromatic carbocycles. The lowest BCUT2D eigenvalue weighted by molar-refractivity contribution is 0.268. The van der Waals surface area contributed by atoms with Crippen molar-refractivity contribution in [3.8, 4) is 0 Å². The molecule has 84 valence electrons. The average molecular weight is 229 g/mol. The summed E-state index contributed by atoms with van der Waals surface area (Å²) < 4.78 is 22.8. The van der Waals surface area contributed by atoms with E-state index in [2.05, 4.69) is 0 Å². The molecule has 0 aliphatic rings. The minimum absolute atomic E-state index is 0.202. The largest absolute Gasteiger partial charge is 0.394 e. The zero-order valence-corrected chi connectivity index (χ0v) is 9.58. The van der Waals surface area contributed by atoms with Crippen LogP contribution in [0.4, 0.5) is 0 Å². The van der Waals surface area contributed by atoms with E-state index in [0.29, 0.717) is 11.1 Å². The second-order valence-electron chi connectivity index (χ2n) is 3.59. The lowest BCUT2D eigenvalue weighted by atomic mass is 10.1. The van der Waals surface area contributed by atoms with Gasteiger partial charge in [-0.3, -0.25) is 0 Å². The van der Waals surface area contributed by atoms with Crippen LogP contribution in [-0.2, 0) is 9.84 Å². The van der Waals surface area contributed by atoms with Crippen molar-refractivity contribution >= 4 is 9.84 Å². The molecule has 3 N–H and O–H groups in total. The van der Waals surface area contributed by atoms with Gasteiger partial charge in [0.25, 0.3) is 0 Å². The van der Waals surface area contributed by atoms with Crippen molar-refractivity contribution in [1.82, 2.24) is 0 Å². The summed E-state index contributed by atoms with van der Waals surface area (Å²) in [7, 11) is -3.23. The Balaban J connectivity index is 3.29. The number of rotatable bonds is 3. The molecule has 4 nitrogen and oxygen atoms in total. The van der Waals surface area contributed by atoms with Gasteiger partial charge < -0.3 is 10.8 Å². The number of aliphatic hydroxyl groups excluding tert-OH is 1. The molecule has 0 saturated heterocycles. The third-order valence-corrected chi connectivity index (χ3v) is 3.48. The summed E-state index contributed by atoms with van der Waals surface area (Å²) >= 11 is 0. The van der Waals surface area contributed by atoms with Crippen molar-refractivity contribution in [3.63, 3.8) is 0 Å². The van der Waals surface area contributed by atoms with Crippen LogP contribution in [0.2, 0.25) is 0 Å². The Kier molecular flexibility index (Phi) is 3.49.